The van der Waals surface area contributed by atoms with Crippen LogP contribution < -0.4 is 10.6 Å². The van der Waals surface area contributed by atoms with Gasteiger partial charge in [0.2, 0.25) is 0 Å². The van der Waals surface area contributed by atoms with Crippen LogP contribution in [0.15, 0.2) is 10.5 Å². The number of hydrogen-bond acceptors (Lipinski definition) is 3. The molecule has 0 radical (unpaired) electrons. The Morgan fingerprint density at radius 1 is 1.40 bits per heavy atom. The fourth-order valence-corrected chi connectivity index (χ4v) is 2.75. The number of hydrogen-bond donors (Lipinski definition) is 2. The number of unbranched alkanes of at least 4 members (excludes halogenated alkanes) is 3. The molecule has 0 bridgehead atoms. The van der Waals surface area contributed by atoms with E-state index in [2.05, 4.69) is 34.5 Å². The Hall–Kier alpha value is -1.10. The molecule has 0 aromatic carbocycles. The lowest BCUT2D eigenvalue weighted by molar-refractivity contribution is 0.537. The first-order valence-corrected chi connectivity index (χ1v) is 8.41. The van der Waals surface area contributed by atoms with Crippen molar-refractivity contribution in [1.29, 1.82) is 0 Å². The van der Waals surface area contributed by atoms with Gasteiger partial charge in [-0.15, -0.1) is 11.3 Å². The van der Waals surface area contributed by atoms with Crippen LogP contribution in [0.2, 0.25) is 0 Å². The van der Waals surface area contributed by atoms with Crippen LogP contribution in [-0.2, 0) is 6.54 Å². The molecule has 0 amide bonds. The molecule has 1 unspecified atom stereocenters. The highest BCUT2D eigenvalue weighted by Gasteiger charge is 2.06. The highest BCUT2D eigenvalue weighted by atomic mass is 32.1. The molecule has 1 aromatic heterocycles. The third-order valence-corrected chi connectivity index (χ3v) is 4.29. The summed E-state index contributed by atoms with van der Waals surface area (Å²) >= 11 is 1.68. The van der Waals surface area contributed by atoms with E-state index in [0.717, 1.165) is 18.2 Å². The van der Waals surface area contributed by atoms with Gasteiger partial charge in [0.15, 0.2) is 5.96 Å². The summed E-state index contributed by atoms with van der Waals surface area (Å²) in [7, 11) is 1.82. The highest BCUT2D eigenvalue weighted by molar-refractivity contribution is 7.09. The number of aliphatic imine (C=N–C) groups is 1. The minimum atomic E-state index is 0.459. The van der Waals surface area contributed by atoms with Crippen LogP contribution in [0.5, 0.6) is 0 Å². The van der Waals surface area contributed by atoms with Crippen LogP contribution in [0, 0.1) is 6.92 Å². The first-order chi connectivity index (χ1) is 9.67. The van der Waals surface area contributed by atoms with Gasteiger partial charge in [0.25, 0.3) is 0 Å². The molecule has 0 spiro atoms. The van der Waals surface area contributed by atoms with Crippen LogP contribution in [0.1, 0.15) is 56.5 Å². The van der Waals surface area contributed by atoms with Gasteiger partial charge in [-0.05, 0) is 20.3 Å². The topological polar surface area (TPSA) is 49.3 Å². The quantitative estimate of drug-likeness (QED) is 0.439. The molecule has 0 saturated heterocycles. The van der Waals surface area contributed by atoms with Crippen molar-refractivity contribution < 1.29 is 0 Å². The van der Waals surface area contributed by atoms with Gasteiger partial charge in [0, 0.05) is 18.0 Å². The summed E-state index contributed by atoms with van der Waals surface area (Å²) in [6, 6.07) is 0.459. The standard InChI is InChI=1S/C15H28N4S/c1-5-6-7-8-9-12(2)19-15(16-4)17-10-14-13(3)18-11-20-14/h11-12H,5-10H2,1-4H3,(H2,16,17,19). The second-order valence-electron chi connectivity index (χ2n) is 5.18. The zero-order valence-corrected chi connectivity index (χ0v) is 14.0. The summed E-state index contributed by atoms with van der Waals surface area (Å²) in [6.07, 6.45) is 6.44. The average molecular weight is 296 g/mol. The molecule has 0 saturated carbocycles. The third kappa shape index (κ3) is 6.37. The average Bonchev–Trinajstić information content (AvgIpc) is 2.85. The van der Waals surface area contributed by atoms with Crippen molar-refractivity contribution in [2.75, 3.05) is 7.05 Å². The number of guanidine groups is 1. The van der Waals surface area contributed by atoms with E-state index in [0.29, 0.717) is 6.04 Å². The monoisotopic (exact) mass is 296 g/mol. The molecule has 114 valence electrons. The van der Waals surface area contributed by atoms with Crippen LogP contribution in [0.3, 0.4) is 0 Å². The summed E-state index contributed by atoms with van der Waals surface area (Å²) in [5.41, 5.74) is 2.99. The van der Waals surface area contributed by atoms with Crippen molar-refractivity contribution in [2.24, 2.45) is 4.99 Å². The van der Waals surface area contributed by atoms with Crippen molar-refractivity contribution in [3.63, 3.8) is 0 Å². The van der Waals surface area contributed by atoms with Crippen molar-refractivity contribution in [3.05, 3.63) is 16.1 Å². The zero-order chi connectivity index (χ0) is 14.8. The molecule has 0 aliphatic rings. The normalized spacial score (nSPS) is 13.3. The van der Waals surface area contributed by atoms with Gasteiger partial charge >= 0.3 is 0 Å². The number of aryl methyl sites for hydroxylation is 1. The summed E-state index contributed by atoms with van der Waals surface area (Å²) in [4.78, 5) is 9.80. The number of rotatable bonds is 8. The van der Waals surface area contributed by atoms with E-state index in [4.69, 9.17) is 0 Å². The van der Waals surface area contributed by atoms with E-state index in [1.165, 1.54) is 37.0 Å². The highest BCUT2D eigenvalue weighted by Crippen LogP contribution is 2.11. The molecule has 1 atom stereocenters. The zero-order valence-electron chi connectivity index (χ0n) is 13.2. The molecule has 2 N–H and O–H groups in total. The SMILES string of the molecule is CCCCCCC(C)NC(=NC)NCc1scnc1C. The van der Waals surface area contributed by atoms with Crippen molar-refractivity contribution in [3.8, 4) is 0 Å². The third-order valence-electron chi connectivity index (χ3n) is 3.36. The van der Waals surface area contributed by atoms with E-state index in [1.54, 1.807) is 11.3 Å². The lowest BCUT2D eigenvalue weighted by Crippen LogP contribution is -2.41. The first-order valence-electron chi connectivity index (χ1n) is 7.53. The van der Waals surface area contributed by atoms with Crippen molar-refractivity contribution in [2.45, 2.75) is 65.5 Å². The Kier molecular flexibility index (Phi) is 8.26. The second-order valence-corrected chi connectivity index (χ2v) is 6.12. The molecule has 1 aromatic rings. The Balaban J connectivity index is 2.27. The predicted molar refractivity (Wildman–Crippen MR) is 88.4 cm³/mol. The summed E-state index contributed by atoms with van der Waals surface area (Å²) in [5, 5.41) is 6.80. The van der Waals surface area contributed by atoms with Crippen molar-refractivity contribution in [1.82, 2.24) is 15.6 Å². The Morgan fingerprint density at radius 3 is 2.80 bits per heavy atom. The maximum absolute atomic E-state index is 4.28. The lowest BCUT2D eigenvalue weighted by Gasteiger charge is -2.17. The van der Waals surface area contributed by atoms with Gasteiger partial charge in [-0.3, -0.25) is 4.99 Å². The fourth-order valence-electron chi connectivity index (χ4n) is 2.04. The molecule has 5 heteroatoms. The molecule has 0 aliphatic carbocycles. The van der Waals surface area contributed by atoms with Gasteiger partial charge < -0.3 is 10.6 Å². The maximum atomic E-state index is 4.28. The molecule has 1 heterocycles. The van der Waals surface area contributed by atoms with Gasteiger partial charge in [-0.2, -0.15) is 0 Å². The largest absolute Gasteiger partial charge is 0.354 e. The van der Waals surface area contributed by atoms with E-state index < -0.39 is 0 Å². The number of nitrogens with zero attached hydrogens (tertiary/aromatic N) is 2. The van der Waals surface area contributed by atoms with E-state index >= 15 is 0 Å². The maximum Gasteiger partial charge on any atom is 0.191 e. The lowest BCUT2D eigenvalue weighted by atomic mass is 10.1. The molecule has 4 nitrogen and oxygen atoms in total. The Morgan fingerprint density at radius 2 is 2.20 bits per heavy atom. The van der Waals surface area contributed by atoms with Crippen LogP contribution in [-0.4, -0.2) is 24.0 Å². The smallest absolute Gasteiger partial charge is 0.191 e. The Labute approximate surface area is 127 Å². The molecule has 0 fully saturated rings. The number of aromatic nitrogens is 1. The van der Waals surface area contributed by atoms with Gasteiger partial charge in [0.05, 0.1) is 17.7 Å². The van der Waals surface area contributed by atoms with E-state index in [-0.39, 0.29) is 0 Å². The van der Waals surface area contributed by atoms with Gasteiger partial charge in [-0.1, -0.05) is 32.6 Å². The van der Waals surface area contributed by atoms with Crippen LogP contribution in [0.4, 0.5) is 0 Å². The van der Waals surface area contributed by atoms with E-state index in [9.17, 15) is 0 Å². The van der Waals surface area contributed by atoms with Crippen LogP contribution in [0.25, 0.3) is 0 Å². The minimum absolute atomic E-state index is 0.459. The van der Waals surface area contributed by atoms with Gasteiger partial charge in [0.1, 0.15) is 0 Å². The molecule has 0 aliphatic heterocycles. The molecule has 1 rings (SSSR count). The first kappa shape index (κ1) is 17.0. The summed E-state index contributed by atoms with van der Waals surface area (Å²) < 4.78 is 0. The summed E-state index contributed by atoms with van der Waals surface area (Å²) in [5.74, 6) is 0.876. The second kappa shape index (κ2) is 9.75. The minimum Gasteiger partial charge on any atom is -0.354 e. The fraction of sp³-hybridized carbons (Fsp3) is 0.733. The Bertz CT molecular complexity index is 400. The molecule has 20 heavy (non-hydrogen) atoms. The molecular formula is C15H28N4S. The number of thiazole rings is 1. The summed E-state index contributed by atoms with van der Waals surface area (Å²) in [6.45, 7) is 7.30. The molecular weight excluding hydrogens is 268 g/mol. The van der Waals surface area contributed by atoms with Crippen molar-refractivity contribution >= 4 is 17.3 Å². The van der Waals surface area contributed by atoms with Gasteiger partial charge in [-0.25, -0.2) is 4.98 Å². The predicted octanol–water partition coefficient (Wildman–Crippen LogP) is 3.48. The van der Waals surface area contributed by atoms with E-state index in [1.807, 2.05) is 19.5 Å². The number of nitrogens with one attached hydrogen (secondary N) is 2. The van der Waals surface area contributed by atoms with Crippen LogP contribution >= 0.6 is 11.3 Å².